The predicted molar refractivity (Wildman–Crippen MR) is 104 cm³/mol. The standard InChI is InChI=1S/C23H20N2O3/c26-21-15(12-11-14-7-3-1-4-8-14)13-17-18-19(20(21)24-17)23(28)25(22(18)27)16-9-5-2-6-10-16/h1-10,13,17-20,24H,11-12H2/t17-,18-,19-,20-/m0/s1. The molecule has 1 N–H and O–H groups in total. The van der Waals surface area contributed by atoms with Crippen molar-refractivity contribution < 1.29 is 14.4 Å². The number of amides is 2. The highest BCUT2D eigenvalue weighted by atomic mass is 16.2. The van der Waals surface area contributed by atoms with Crippen molar-refractivity contribution in [1.29, 1.82) is 0 Å². The molecule has 140 valence electrons. The number of rotatable bonds is 4. The lowest BCUT2D eigenvalue weighted by Gasteiger charge is -2.25. The summed E-state index contributed by atoms with van der Waals surface area (Å²) in [6.45, 7) is 0. The van der Waals surface area contributed by atoms with E-state index in [9.17, 15) is 14.4 Å². The summed E-state index contributed by atoms with van der Waals surface area (Å²) in [5.41, 5.74) is 2.48. The zero-order valence-electron chi connectivity index (χ0n) is 15.2. The van der Waals surface area contributed by atoms with Gasteiger partial charge in [0, 0.05) is 6.04 Å². The summed E-state index contributed by atoms with van der Waals surface area (Å²) in [6.07, 6.45) is 3.28. The van der Waals surface area contributed by atoms with Crippen LogP contribution in [0.1, 0.15) is 12.0 Å². The number of nitrogens with one attached hydrogen (secondary N) is 1. The first kappa shape index (κ1) is 17.1. The highest BCUT2D eigenvalue weighted by molar-refractivity contribution is 6.25. The van der Waals surface area contributed by atoms with Crippen LogP contribution < -0.4 is 10.2 Å². The Morgan fingerprint density at radius 2 is 1.43 bits per heavy atom. The molecule has 2 bridgehead atoms. The second-order valence-corrected chi connectivity index (χ2v) is 7.61. The number of ketones is 1. The van der Waals surface area contributed by atoms with Gasteiger partial charge in [0.1, 0.15) is 0 Å². The van der Waals surface area contributed by atoms with Crippen molar-refractivity contribution >= 4 is 23.3 Å². The smallest absolute Gasteiger partial charge is 0.239 e. The van der Waals surface area contributed by atoms with E-state index in [-0.39, 0.29) is 23.6 Å². The zero-order chi connectivity index (χ0) is 19.3. The van der Waals surface area contributed by atoms with E-state index in [1.807, 2.05) is 42.5 Å². The van der Waals surface area contributed by atoms with Gasteiger partial charge in [0.15, 0.2) is 5.78 Å². The summed E-state index contributed by atoms with van der Waals surface area (Å²) in [7, 11) is 0. The number of nitrogens with zero attached hydrogens (tertiary/aromatic N) is 1. The number of benzene rings is 2. The number of imide groups is 1. The third kappa shape index (κ3) is 2.54. The highest BCUT2D eigenvalue weighted by Gasteiger charge is 2.61. The fourth-order valence-electron chi connectivity index (χ4n) is 4.71. The van der Waals surface area contributed by atoms with Crippen molar-refractivity contribution in [1.82, 2.24) is 5.32 Å². The number of hydrogen-bond acceptors (Lipinski definition) is 4. The molecule has 2 aromatic rings. The fourth-order valence-corrected chi connectivity index (χ4v) is 4.71. The van der Waals surface area contributed by atoms with Crippen molar-refractivity contribution in [3.05, 3.63) is 77.9 Å². The van der Waals surface area contributed by atoms with Crippen LogP contribution in [-0.2, 0) is 20.8 Å². The number of anilines is 1. The molecule has 3 aliphatic heterocycles. The Morgan fingerprint density at radius 1 is 0.786 bits per heavy atom. The van der Waals surface area contributed by atoms with Gasteiger partial charge in [-0.15, -0.1) is 0 Å². The van der Waals surface area contributed by atoms with Crippen LogP contribution in [0.15, 0.2) is 72.3 Å². The number of Topliss-reactive ketones (excluding diaryl/α,β-unsaturated/α-hetero) is 1. The average Bonchev–Trinajstić information content (AvgIpc) is 3.19. The van der Waals surface area contributed by atoms with Crippen LogP contribution in [0.2, 0.25) is 0 Å². The lowest BCUT2D eigenvalue weighted by Crippen LogP contribution is -2.47. The van der Waals surface area contributed by atoms with Crippen LogP contribution >= 0.6 is 0 Å². The van der Waals surface area contributed by atoms with Crippen molar-refractivity contribution in [2.45, 2.75) is 24.9 Å². The molecule has 0 aromatic heterocycles. The van der Waals surface area contributed by atoms with E-state index in [1.165, 1.54) is 10.5 Å². The lowest BCUT2D eigenvalue weighted by atomic mass is 9.89. The van der Waals surface area contributed by atoms with Crippen molar-refractivity contribution in [3.63, 3.8) is 0 Å². The van der Waals surface area contributed by atoms with Gasteiger partial charge < -0.3 is 0 Å². The zero-order valence-corrected chi connectivity index (χ0v) is 15.2. The molecule has 0 saturated carbocycles. The molecule has 3 heterocycles. The fraction of sp³-hybridized carbons (Fsp3) is 0.261. The summed E-state index contributed by atoms with van der Waals surface area (Å²) < 4.78 is 0. The maximum Gasteiger partial charge on any atom is 0.239 e. The maximum atomic E-state index is 13.1. The van der Waals surface area contributed by atoms with Gasteiger partial charge in [-0.3, -0.25) is 19.7 Å². The Labute approximate surface area is 163 Å². The van der Waals surface area contributed by atoms with Crippen LogP contribution in [-0.4, -0.2) is 29.7 Å². The summed E-state index contributed by atoms with van der Waals surface area (Å²) in [6, 6.07) is 18.1. The van der Waals surface area contributed by atoms with Crippen LogP contribution in [0.25, 0.3) is 0 Å². The van der Waals surface area contributed by atoms with E-state index in [1.54, 1.807) is 24.3 Å². The molecule has 0 unspecified atom stereocenters. The van der Waals surface area contributed by atoms with Gasteiger partial charge in [0.2, 0.25) is 11.8 Å². The third-order valence-electron chi connectivity index (χ3n) is 6.04. The number of para-hydroxylation sites is 1. The SMILES string of the molecule is O=C1C(CCc2ccccc2)=C[C@@H]2N[C@H]1[C@H]1C(=O)N(c3ccccc3)C(=O)[C@H]12. The van der Waals surface area contributed by atoms with Gasteiger partial charge in [-0.05, 0) is 36.1 Å². The summed E-state index contributed by atoms with van der Waals surface area (Å²) in [5.74, 6) is -1.65. The van der Waals surface area contributed by atoms with Gasteiger partial charge in [0.05, 0.1) is 23.6 Å². The molecule has 2 fully saturated rings. The van der Waals surface area contributed by atoms with E-state index >= 15 is 0 Å². The van der Waals surface area contributed by atoms with Gasteiger partial charge in [-0.2, -0.15) is 0 Å². The topological polar surface area (TPSA) is 66.5 Å². The molecule has 3 aliphatic rings. The first-order chi connectivity index (χ1) is 13.6. The number of carbonyl (C=O) groups is 3. The van der Waals surface area contributed by atoms with Crippen molar-refractivity contribution in [3.8, 4) is 0 Å². The van der Waals surface area contributed by atoms with E-state index in [0.717, 1.165) is 12.0 Å². The molecular formula is C23H20N2O3. The highest BCUT2D eigenvalue weighted by Crippen LogP contribution is 2.43. The van der Waals surface area contributed by atoms with E-state index in [0.29, 0.717) is 12.1 Å². The number of hydrogen-bond donors (Lipinski definition) is 1. The maximum absolute atomic E-state index is 13.1. The Morgan fingerprint density at radius 3 is 2.14 bits per heavy atom. The second kappa shape index (κ2) is 6.53. The quantitative estimate of drug-likeness (QED) is 0.837. The van der Waals surface area contributed by atoms with Crippen LogP contribution in [0.5, 0.6) is 0 Å². The first-order valence-electron chi connectivity index (χ1n) is 9.63. The predicted octanol–water partition coefficient (Wildman–Crippen LogP) is 2.27. The summed E-state index contributed by atoms with van der Waals surface area (Å²) in [4.78, 5) is 40.4. The molecule has 2 saturated heterocycles. The summed E-state index contributed by atoms with van der Waals surface area (Å²) in [5, 5.41) is 3.21. The normalized spacial score (nSPS) is 28.5. The minimum absolute atomic E-state index is 0.0456. The number of carbonyl (C=O) groups excluding carboxylic acids is 3. The van der Waals surface area contributed by atoms with Gasteiger partial charge in [-0.25, -0.2) is 4.90 Å². The van der Waals surface area contributed by atoms with E-state index in [4.69, 9.17) is 0 Å². The number of fused-ring (bicyclic) bond motifs is 5. The largest absolute Gasteiger partial charge is 0.299 e. The monoisotopic (exact) mass is 372 g/mol. The van der Waals surface area contributed by atoms with Crippen molar-refractivity contribution in [2.24, 2.45) is 11.8 Å². The molecule has 2 aromatic carbocycles. The molecule has 0 aliphatic carbocycles. The van der Waals surface area contributed by atoms with E-state index in [2.05, 4.69) is 5.32 Å². The number of aryl methyl sites for hydroxylation is 1. The van der Waals surface area contributed by atoms with Crippen LogP contribution in [0, 0.1) is 11.8 Å². The van der Waals surface area contributed by atoms with Crippen LogP contribution in [0.3, 0.4) is 0 Å². The molecule has 5 nitrogen and oxygen atoms in total. The minimum atomic E-state index is -0.615. The first-order valence-corrected chi connectivity index (χ1v) is 9.63. The molecule has 4 atom stereocenters. The van der Waals surface area contributed by atoms with Crippen molar-refractivity contribution in [2.75, 3.05) is 4.90 Å². The Hall–Kier alpha value is -3.05. The molecule has 5 heteroatoms. The molecule has 28 heavy (non-hydrogen) atoms. The second-order valence-electron chi connectivity index (χ2n) is 7.61. The Bertz CT molecular complexity index is 983. The molecule has 0 spiro atoms. The molecule has 2 amide bonds. The average molecular weight is 372 g/mol. The van der Waals surface area contributed by atoms with Gasteiger partial charge in [0.25, 0.3) is 0 Å². The minimum Gasteiger partial charge on any atom is -0.299 e. The molecular weight excluding hydrogens is 352 g/mol. The van der Waals surface area contributed by atoms with Gasteiger partial charge >= 0.3 is 0 Å². The third-order valence-corrected chi connectivity index (χ3v) is 6.04. The Balaban J connectivity index is 1.41. The lowest BCUT2D eigenvalue weighted by molar-refractivity contribution is -0.126. The molecule has 5 rings (SSSR count). The van der Waals surface area contributed by atoms with Gasteiger partial charge in [-0.1, -0.05) is 54.6 Å². The Kier molecular flexibility index (Phi) is 3.98. The molecule has 0 radical (unpaired) electrons. The van der Waals surface area contributed by atoms with Crippen LogP contribution in [0.4, 0.5) is 5.69 Å². The summed E-state index contributed by atoms with van der Waals surface area (Å²) >= 11 is 0. The van der Waals surface area contributed by atoms with E-state index < -0.39 is 17.9 Å².